The van der Waals surface area contributed by atoms with E-state index in [0.717, 1.165) is 10.7 Å². The van der Waals surface area contributed by atoms with E-state index >= 15 is 0 Å². The molecule has 0 radical (unpaired) electrons. The first-order valence-electron chi connectivity index (χ1n) is 5.29. The molecule has 17 heavy (non-hydrogen) atoms. The summed E-state index contributed by atoms with van der Waals surface area (Å²) in [6, 6.07) is 16.3. The third-order valence-electron chi connectivity index (χ3n) is 2.44. The Kier molecular flexibility index (Phi) is 2.49. The summed E-state index contributed by atoms with van der Waals surface area (Å²) in [5, 5.41) is 1.11. The van der Waals surface area contributed by atoms with Crippen molar-refractivity contribution in [2.75, 3.05) is 5.73 Å². The summed E-state index contributed by atoms with van der Waals surface area (Å²) in [5.74, 6) is 0.547. The van der Waals surface area contributed by atoms with Crippen LogP contribution in [0.3, 0.4) is 0 Å². The van der Waals surface area contributed by atoms with Crippen molar-refractivity contribution in [3.05, 3.63) is 54.7 Å². The number of pyridine rings is 1. The summed E-state index contributed by atoms with van der Waals surface area (Å²) < 4.78 is 2.01. The fraction of sp³-hybridized carbons (Fsp3) is 0. The lowest BCUT2D eigenvalue weighted by Crippen LogP contribution is -1.87. The van der Waals surface area contributed by atoms with E-state index in [1.54, 1.807) is 11.8 Å². The summed E-state index contributed by atoms with van der Waals surface area (Å²) in [5.41, 5.74) is 6.59. The Morgan fingerprint density at radius 1 is 1.00 bits per heavy atom. The second kappa shape index (κ2) is 4.14. The van der Waals surface area contributed by atoms with E-state index in [4.69, 9.17) is 5.73 Å². The minimum absolute atomic E-state index is 0.547. The van der Waals surface area contributed by atoms with Crippen LogP contribution in [-0.2, 0) is 0 Å². The predicted molar refractivity (Wildman–Crippen MR) is 70.2 cm³/mol. The highest BCUT2D eigenvalue weighted by molar-refractivity contribution is 7.99. The van der Waals surface area contributed by atoms with Gasteiger partial charge >= 0.3 is 0 Å². The van der Waals surface area contributed by atoms with Crippen LogP contribution in [0.4, 0.5) is 5.82 Å². The third-order valence-corrected chi connectivity index (χ3v) is 3.49. The van der Waals surface area contributed by atoms with E-state index in [1.807, 2.05) is 40.9 Å². The van der Waals surface area contributed by atoms with Crippen LogP contribution in [0.5, 0.6) is 0 Å². The fourth-order valence-corrected chi connectivity index (χ4v) is 2.62. The number of anilines is 1. The summed E-state index contributed by atoms with van der Waals surface area (Å²) in [6.07, 6.45) is 1.85. The van der Waals surface area contributed by atoms with Crippen LogP contribution >= 0.6 is 11.8 Å². The highest BCUT2D eigenvalue weighted by atomic mass is 32.2. The number of fused-ring (bicyclic) bond motifs is 1. The Morgan fingerprint density at radius 3 is 2.65 bits per heavy atom. The normalized spacial score (nSPS) is 10.8. The summed E-state index contributed by atoms with van der Waals surface area (Å²) in [6.45, 7) is 0. The molecule has 0 saturated heterocycles. The van der Waals surface area contributed by atoms with Gasteiger partial charge in [-0.2, -0.15) is 0 Å². The van der Waals surface area contributed by atoms with E-state index in [2.05, 4.69) is 23.2 Å². The van der Waals surface area contributed by atoms with Crippen LogP contribution in [0.25, 0.3) is 5.65 Å². The van der Waals surface area contributed by atoms with E-state index in [0.29, 0.717) is 5.82 Å². The van der Waals surface area contributed by atoms with Gasteiger partial charge in [-0.15, -0.1) is 0 Å². The van der Waals surface area contributed by atoms with Crippen LogP contribution in [0.1, 0.15) is 0 Å². The van der Waals surface area contributed by atoms with Crippen molar-refractivity contribution in [3.63, 3.8) is 0 Å². The van der Waals surface area contributed by atoms with Gasteiger partial charge in [0.2, 0.25) is 0 Å². The number of nitrogens with two attached hydrogens (primary N) is 1. The molecular weight excluding hydrogens is 230 g/mol. The molecule has 2 heterocycles. The highest BCUT2D eigenvalue weighted by Gasteiger charge is 2.04. The second-order valence-corrected chi connectivity index (χ2v) is 4.77. The second-order valence-electron chi connectivity index (χ2n) is 3.67. The molecule has 0 aliphatic carbocycles. The lowest BCUT2D eigenvalue weighted by atomic mass is 10.4. The number of benzene rings is 1. The minimum Gasteiger partial charge on any atom is -0.382 e. The maximum atomic E-state index is 5.71. The monoisotopic (exact) mass is 241 g/mol. The predicted octanol–water partition coefficient (Wildman–Crippen LogP) is 3.07. The van der Waals surface area contributed by atoms with Gasteiger partial charge in [0, 0.05) is 4.90 Å². The molecule has 0 unspecified atom stereocenters. The topological polar surface area (TPSA) is 43.3 Å². The van der Waals surface area contributed by atoms with E-state index in [-0.39, 0.29) is 0 Å². The molecule has 0 bridgehead atoms. The molecule has 3 nitrogen and oxygen atoms in total. The summed E-state index contributed by atoms with van der Waals surface area (Å²) in [4.78, 5) is 5.44. The van der Waals surface area contributed by atoms with Crippen LogP contribution in [0.15, 0.2) is 64.6 Å². The van der Waals surface area contributed by atoms with Crippen LogP contribution in [0.2, 0.25) is 0 Å². The molecule has 4 heteroatoms. The minimum atomic E-state index is 0.547. The maximum Gasteiger partial charge on any atom is 0.142 e. The smallest absolute Gasteiger partial charge is 0.142 e. The quantitative estimate of drug-likeness (QED) is 0.749. The van der Waals surface area contributed by atoms with Gasteiger partial charge in [-0.05, 0) is 24.3 Å². The Balaban J connectivity index is 2.06. The van der Waals surface area contributed by atoms with Crippen LogP contribution in [0, 0.1) is 0 Å². The van der Waals surface area contributed by atoms with Gasteiger partial charge in [0.15, 0.2) is 0 Å². The number of hydrogen-bond acceptors (Lipinski definition) is 3. The molecule has 2 aromatic heterocycles. The molecule has 3 rings (SSSR count). The van der Waals surface area contributed by atoms with E-state index in [9.17, 15) is 0 Å². The number of aromatic nitrogens is 2. The Hall–Kier alpha value is -1.94. The van der Waals surface area contributed by atoms with Gasteiger partial charge in [0.1, 0.15) is 11.5 Å². The lowest BCUT2D eigenvalue weighted by molar-refractivity contribution is 1.03. The fourth-order valence-electron chi connectivity index (χ4n) is 1.70. The van der Waals surface area contributed by atoms with Gasteiger partial charge in [-0.1, -0.05) is 36.0 Å². The van der Waals surface area contributed by atoms with E-state index < -0.39 is 0 Å². The molecule has 84 valence electrons. The lowest BCUT2D eigenvalue weighted by Gasteiger charge is -2.04. The van der Waals surface area contributed by atoms with Crippen LogP contribution < -0.4 is 5.73 Å². The number of imidazole rings is 1. The zero-order chi connectivity index (χ0) is 11.7. The number of rotatable bonds is 2. The molecular formula is C13H11N3S. The van der Waals surface area contributed by atoms with Crippen molar-refractivity contribution in [1.82, 2.24) is 9.38 Å². The largest absolute Gasteiger partial charge is 0.382 e. The number of nitrogen functional groups attached to an aromatic ring is 1. The molecule has 3 aromatic rings. The van der Waals surface area contributed by atoms with Gasteiger partial charge in [-0.3, -0.25) is 4.40 Å². The molecule has 0 aliphatic heterocycles. The Morgan fingerprint density at radius 2 is 1.82 bits per heavy atom. The zero-order valence-corrected chi connectivity index (χ0v) is 9.89. The molecule has 1 aromatic carbocycles. The van der Waals surface area contributed by atoms with Crippen molar-refractivity contribution < 1.29 is 0 Å². The van der Waals surface area contributed by atoms with Gasteiger partial charge < -0.3 is 5.73 Å². The molecule has 0 spiro atoms. The van der Waals surface area contributed by atoms with Crippen molar-refractivity contribution in [3.8, 4) is 0 Å². The van der Waals surface area contributed by atoms with Gasteiger partial charge in [0.05, 0.1) is 11.2 Å². The van der Waals surface area contributed by atoms with Crippen molar-refractivity contribution in [1.29, 1.82) is 0 Å². The standard InChI is InChI=1S/C13H11N3S/c14-11-9-16-12(15-11)7-4-8-13(16)17-10-5-2-1-3-6-10/h1-9H,14H2. The SMILES string of the molecule is Nc1cn2c(Sc3ccccc3)cccc2n1. The first-order chi connectivity index (χ1) is 8.33. The van der Waals surface area contributed by atoms with Gasteiger partial charge in [0.25, 0.3) is 0 Å². The van der Waals surface area contributed by atoms with Crippen molar-refractivity contribution in [2.24, 2.45) is 0 Å². The molecule has 0 amide bonds. The average Bonchev–Trinajstić information content (AvgIpc) is 2.72. The molecule has 0 aliphatic rings. The summed E-state index contributed by atoms with van der Waals surface area (Å²) in [7, 11) is 0. The summed E-state index contributed by atoms with van der Waals surface area (Å²) >= 11 is 1.70. The first-order valence-corrected chi connectivity index (χ1v) is 6.11. The first kappa shape index (κ1) is 10.2. The molecule has 0 fully saturated rings. The van der Waals surface area contributed by atoms with E-state index in [1.165, 1.54) is 4.90 Å². The Labute approximate surface area is 103 Å². The van der Waals surface area contributed by atoms with Gasteiger partial charge in [-0.25, -0.2) is 4.98 Å². The number of nitrogens with zero attached hydrogens (tertiary/aromatic N) is 2. The zero-order valence-electron chi connectivity index (χ0n) is 9.08. The van der Waals surface area contributed by atoms with Crippen molar-refractivity contribution in [2.45, 2.75) is 9.92 Å². The molecule has 0 saturated carbocycles. The molecule has 2 N–H and O–H groups in total. The highest BCUT2D eigenvalue weighted by Crippen LogP contribution is 2.28. The third kappa shape index (κ3) is 1.99. The molecule has 0 atom stereocenters. The number of hydrogen-bond donors (Lipinski definition) is 1. The van der Waals surface area contributed by atoms with Crippen molar-refractivity contribution >= 4 is 23.2 Å². The maximum absolute atomic E-state index is 5.71. The Bertz CT molecular complexity index is 646. The average molecular weight is 241 g/mol. The van der Waals surface area contributed by atoms with Crippen LogP contribution in [-0.4, -0.2) is 9.38 Å².